The quantitative estimate of drug-likeness (QED) is 0.221. The van der Waals surface area contributed by atoms with Gasteiger partial charge in [-0.1, -0.05) is 10.3 Å². The molecule has 1 aromatic rings. The lowest BCUT2D eigenvalue weighted by molar-refractivity contribution is 0.320. The topological polar surface area (TPSA) is 137 Å². The van der Waals surface area contributed by atoms with Gasteiger partial charge in [-0.3, -0.25) is 9.23 Å². The van der Waals surface area contributed by atoms with Crippen LogP contribution in [0.4, 0.5) is 0 Å². The lowest BCUT2D eigenvalue weighted by Gasteiger charge is -2.13. The fourth-order valence-electron chi connectivity index (χ4n) is 1.74. The maximum Gasteiger partial charge on any atom is 0.264 e. The first-order valence-electron chi connectivity index (χ1n) is 6.44. The lowest BCUT2D eigenvalue weighted by atomic mass is 10.3. The van der Waals surface area contributed by atoms with Gasteiger partial charge >= 0.3 is 0 Å². The molecule has 0 amide bonds. The van der Waals surface area contributed by atoms with Gasteiger partial charge in [-0.2, -0.15) is 8.42 Å². The highest BCUT2D eigenvalue weighted by Gasteiger charge is 2.07. The van der Waals surface area contributed by atoms with Crippen molar-refractivity contribution in [1.29, 1.82) is 0 Å². The summed E-state index contributed by atoms with van der Waals surface area (Å²) in [5, 5.41) is 11.3. The number of azide groups is 1. The highest BCUT2D eigenvalue weighted by Crippen LogP contribution is 2.01. The van der Waals surface area contributed by atoms with Crippen LogP contribution in [0.1, 0.15) is 18.5 Å². The Hall–Kier alpha value is -1.68. The summed E-state index contributed by atoms with van der Waals surface area (Å²) in [6.07, 6.45) is 2.79. The van der Waals surface area contributed by atoms with Crippen molar-refractivity contribution < 1.29 is 13.0 Å². The molecule has 0 aliphatic carbocycles. The van der Waals surface area contributed by atoms with Crippen LogP contribution in [0, 0.1) is 0 Å². The molecular formula is C10H19N7O3S. The molecule has 118 valence electrons. The second-order valence-electron chi connectivity index (χ2n) is 4.66. The first kappa shape index (κ1) is 17.4. The van der Waals surface area contributed by atoms with Gasteiger partial charge in [0.15, 0.2) is 0 Å². The zero-order valence-corrected chi connectivity index (χ0v) is 12.6. The molecule has 0 saturated carbocycles. The SMILES string of the molecule is CN(CCCN=[N+]=[N-])Cc1cn(CCCS(=O)(=O)O)nn1. The van der Waals surface area contributed by atoms with Gasteiger partial charge in [-0.25, -0.2) is 0 Å². The minimum absolute atomic E-state index is 0.281. The number of aromatic nitrogens is 3. The number of hydrogen-bond donors (Lipinski definition) is 1. The van der Waals surface area contributed by atoms with Crippen molar-refractivity contribution in [3.63, 3.8) is 0 Å². The van der Waals surface area contributed by atoms with E-state index in [0.717, 1.165) is 18.7 Å². The summed E-state index contributed by atoms with van der Waals surface area (Å²) in [6.45, 7) is 2.22. The third kappa shape index (κ3) is 8.25. The van der Waals surface area contributed by atoms with E-state index in [9.17, 15) is 8.42 Å². The molecule has 0 fully saturated rings. The van der Waals surface area contributed by atoms with Crippen molar-refractivity contribution in [2.24, 2.45) is 5.11 Å². The van der Waals surface area contributed by atoms with Crippen LogP contribution in [0.3, 0.4) is 0 Å². The summed E-state index contributed by atoms with van der Waals surface area (Å²) in [6, 6.07) is 0. The van der Waals surface area contributed by atoms with Crippen LogP contribution in [-0.2, 0) is 23.2 Å². The summed E-state index contributed by atoms with van der Waals surface area (Å²) in [5.41, 5.74) is 8.93. The number of rotatable bonds is 10. The first-order valence-corrected chi connectivity index (χ1v) is 8.05. The Labute approximate surface area is 123 Å². The second-order valence-corrected chi connectivity index (χ2v) is 6.23. The van der Waals surface area contributed by atoms with Gasteiger partial charge in [0.2, 0.25) is 0 Å². The Bertz CT molecular complexity index is 579. The number of aryl methyl sites for hydroxylation is 1. The number of hydrogen-bond acceptors (Lipinski definition) is 6. The maximum atomic E-state index is 10.6. The smallest absolute Gasteiger partial charge is 0.264 e. The Morgan fingerprint density at radius 3 is 2.95 bits per heavy atom. The number of nitrogens with zero attached hydrogens (tertiary/aromatic N) is 7. The van der Waals surface area contributed by atoms with Gasteiger partial charge < -0.3 is 4.90 Å². The summed E-state index contributed by atoms with van der Waals surface area (Å²) in [4.78, 5) is 4.71. The molecule has 0 spiro atoms. The Morgan fingerprint density at radius 2 is 2.29 bits per heavy atom. The van der Waals surface area contributed by atoms with Crippen molar-refractivity contribution in [2.45, 2.75) is 25.9 Å². The molecule has 0 unspecified atom stereocenters. The molecular weight excluding hydrogens is 298 g/mol. The van der Waals surface area contributed by atoms with Gasteiger partial charge in [0, 0.05) is 30.7 Å². The van der Waals surface area contributed by atoms with Crippen LogP contribution in [0.15, 0.2) is 11.3 Å². The van der Waals surface area contributed by atoms with E-state index < -0.39 is 10.1 Å². The van der Waals surface area contributed by atoms with Crippen LogP contribution in [0.2, 0.25) is 0 Å². The van der Waals surface area contributed by atoms with Crippen LogP contribution >= 0.6 is 0 Å². The third-order valence-electron chi connectivity index (χ3n) is 2.67. The highest BCUT2D eigenvalue weighted by atomic mass is 32.2. The summed E-state index contributed by atoms with van der Waals surface area (Å²) < 4.78 is 31.4. The van der Waals surface area contributed by atoms with Crippen LogP contribution < -0.4 is 0 Å². The third-order valence-corrected chi connectivity index (χ3v) is 3.47. The van der Waals surface area contributed by atoms with E-state index in [4.69, 9.17) is 10.1 Å². The van der Waals surface area contributed by atoms with Crippen LogP contribution in [0.25, 0.3) is 10.4 Å². The molecule has 21 heavy (non-hydrogen) atoms. The predicted octanol–water partition coefficient (Wildman–Crippen LogP) is 0.688. The van der Waals surface area contributed by atoms with E-state index in [-0.39, 0.29) is 12.2 Å². The first-order chi connectivity index (χ1) is 9.90. The monoisotopic (exact) mass is 317 g/mol. The fraction of sp³-hybridized carbons (Fsp3) is 0.800. The molecule has 11 heteroatoms. The molecule has 0 aliphatic heterocycles. The van der Waals surface area contributed by atoms with Crippen LogP contribution in [0.5, 0.6) is 0 Å². The van der Waals surface area contributed by atoms with Gasteiger partial charge in [0.1, 0.15) is 0 Å². The van der Waals surface area contributed by atoms with E-state index in [0.29, 0.717) is 19.6 Å². The van der Waals surface area contributed by atoms with Crippen molar-refractivity contribution in [3.8, 4) is 0 Å². The van der Waals surface area contributed by atoms with Gasteiger partial charge in [-0.15, -0.1) is 5.10 Å². The largest absolute Gasteiger partial charge is 0.300 e. The lowest BCUT2D eigenvalue weighted by Crippen LogP contribution is -2.19. The second kappa shape index (κ2) is 8.57. The van der Waals surface area contributed by atoms with Crippen molar-refractivity contribution in [2.75, 3.05) is 25.9 Å². The van der Waals surface area contributed by atoms with E-state index in [1.165, 1.54) is 0 Å². The fourth-order valence-corrected chi connectivity index (χ4v) is 2.23. The molecule has 0 atom stereocenters. The Balaban J connectivity index is 2.32. The van der Waals surface area contributed by atoms with Gasteiger partial charge in [-0.05, 0) is 32.0 Å². The van der Waals surface area contributed by atoms with Gasteiger partial charge in [0.25, 0.3) is 10.1 Å². The normalized spacial score (nSPS) is 11.6. The Kier molecular flexibility index (Phi) is 7.09. The molecule has 1 heterocycles. The molecule has 0 aliphatic rings. The van der Waals surface area contributed by atoms with E-state index in [2.05, 4.69) is 20.3 Å². The minimum atomic E-state index is -3.93. The molecule has 1 rings (SSSR count). The summed E-state index contributed by atoms with van der Waals surface area (Å²) in [7, 11) is -2.00. The molecule has 0 bridgehead atoms. The van der Waals surface area contributed by atoms with E-state index in [1.54, 1.807) is 10.9 Å². The molecule has 0 radical (unpaired) electrons. The standard InChI is InChI=1S/C10H19N7O3S/c1-16(5-2-4-12-14-11)8-10-9-17(15-13-10)6-3-7-21(18,19)20/h9H,2-8H2,1H3,(H,18,19,20). The summed E-state index contributed by atoms with van der Waals surface area (Å²) in [5.74, 6) is -0.290. The molecule has 1 aromatic heterocycles. The minimum Gasteiger partial charge on any atom is -0.300 e. The zero-order valence-electron chi connectivity index (χ0n) is 11.8. The average Bonchev–Trinajstić information content (AvgIpc) is 2.81. The molecule has 0 saturated heterocycles. The highest BCUT2D eigenvalue weighted by molar-refractivity contribution is 7.85. The molecule has 1 N–H and O–H groups in total. The Morgan fingerprint density at radius 1 is 1.52 bits per heavy atom. The van der Waals surface area contributed by atoms with Crippen molar-refractivity contribution in [1.82, 2.24) is 19.9 Å². The van der Waals surface area contributed by atoms with Gasteiger partial charge in [0.05, 0.1) is 11.4 Å². The van der Waals surface area contributed by atoms with E-state index >= 15 is 0 Å². The molecule has 10 nitrogen and oxygen atoms in total. The van der Waals surface area contributed by atoms with E-state index in [1.807, 2.05) is 11.9 Å². The van der Waals surface area contributed by atoms with Crippen molar-refractivity contribution >= 4 is 10.1 Å². The maximum absolute atomic E-state index is 10.6. The van der Waals surface area contributed by atoms with Crippen molar-refractivity contribution in [3.05, 3.63) is 22.3 Å². The molecule has 0 aromatic carbocycles. The summed E-state index contributed by atoms with van der Waals surface area (Å²) >= 11 is 0. The predicted molar refractivity (Wildman–Crippen MR) is 76.0 cm³/mol. The average molecular weight is 317 g/mol. The van der Waals surface area contributed by atoms with Crippen LogP contribution in [-0.4, -0.2) is 58.8 Å². The zero-order chi connectivity index (χ0) is 15.7.